The Hall–Kier alpha value is -1.07. The van der Waals surface area contributed by atoms with E-state index in [-0.39, 0.29) is 5.75 Å². The summed E-state index contributed by atoms with van der Waals surface area (Å²) in [4.78, 5) is 0. The van der Waals surface area contributed by atoms with Crippen molar-refractivity contribution in [1.29, 1.82) is 0 Å². The molecule has 2 rings (SSSR count). The molecule has 0 aromatic heterocycles. The Morgan fingerprint density at radius 2 is 2.06 bits per heavy atom. The van der Waals surface area contributed by atoms with Crippen LogP contribution in [-0.2, 0) is 9.84 Å². The van der Waals surface area contributed by atoms with Gasteiger partial charge in [-0.25, -0.2) is 8.42 Å². The van der Waals surface area contributed by atoms with Crippen LogP contribution in [0.15, 0.2) is 51.9 Å². The maximum absolute atomic E-state index is 11.4. The van der Waals surface area contributed by atoms with Crippen LogP contribution in [0.4, 0.5) is 5.69 Å². The van der Waals surface area contributed by atoms with Gasteiger partial charge >= 0.3 is 0 Å². The molecule has 90 valence electrons. The third-order valence-corrected chi connectivity index (χ3v) is 4.58. The van der Waals surface area contributed by atoms with Gasteiger partial charge in [-0.2, -0.15) is 0 Å². The van der Waals surface area contributed by atoms with E-state index in [9.17, 15) is 8.42 Å². The van der Waals surface area contributed by atoms with E-state index in [2.05, 4.69) is 27.8 Å². The number of hydrogen-bond acceptors (Lipinski definition) is 3. The molecule has 0 amide bonds. The molecule has 1 heterocycles. The van der Waals surface area contributed by atoms with Gasteiger partial charge in [-0.1, -0.05) is 18.7 Å². The zero-order valence-electron chi connectivity index (χ0n) is 9.11. The standard InChI is InChI=1S/C12H12BrNO2S/c1-9-7-17(15,16)8-10(9)6-14-12-5-3-2-4-11(12)13/h2-5,8,14H,1,6-7H2. The zero-order valence-corrected chi connectivity index (χ0v) is 11.5. The molecule has 1 aliphatic rings. The fraction of sp³-hybridized carbons (Fsp3) is 0.167. The van der Waals surface area contributed by atoms with Crippen molar-refractivity contribution in [3.05, 3.63) is 51.9 Å². The second-order valence-electron chi connectivity index (χ2n) is 3.89. The summed E-state index contributed by atoms with van der Waals surface area (Å²) in [5.41, 5.74) is 2.36. The van der Waals surface area contributed by atoms with Gasteiger partial charge in [-0.15, -0.1) is 0 Å². The highest BCUT2D eigenvalue weighted by Crippen LogP contribution is 2.25. The van der Waals surface area contributed by atoms with Crippen LogP contribution in [0.3, 0.4) is 0 Å². The Bertz CT molecular complexity index is 590. The number of rotatable bonds is 3. The number of nitrogens with one attached hydrogen (secondary N) is 1. The van der Waals surface area contributed by atoms with Gasteiger partial charge in [0.25, 0.3) is 0 Å². The molecule has 0 unspecified atom stereocenters. The molecule has 0 bridgehead atoms. The zero-order chi connectivity index (χ0) is 12.5. The minimum absolute atomic E-state index is 0.0416. The fourth-order valence-corrected chi connectivity index (χ4v) is 3.50. The van der Waals surface area contributed by atoms with Crippen molar-refractivity contribution in [1.82, 2.24) is 0 Å². The smallest absolute Gasteiger partial charge is 0.176 e. The largest absolute Gasteiger partial charge is 0.380 e. The van der Waals surface area contributed by atoms with E-state index in [1.807, 2.05) is 24.3 Å². The third kappa shape index (κ3) is 2.98. The van der Waals surface area contributed by atoms with Gasteiger partial charge in [0.2, 0.25) is 0 Å². The van der Waals surface area contributed by atoms with E-state index in [4.69, 9.17) is 0 Å². The van der Waals surface area contributed by atoms with E-state index in [1.165, 1.54) is 5.41 Å². The molecule has 1 aliphatic heterocycles. The highest BCUT2D eigenvalue weighted by Gasteiger charge is 2.21. The second-order valence-corrected chi connectivity index (χ2v) is 6.59. The second kappa shape index (κ2) is 4.66. The Morgan fingerprint density at radius 3 is 2.65 bits per heavy atom. The van der Waals surface area contributed by atoms with Crippen molar-refractivity contribution in [3.8, 4) is 0 Å². The Balaban J connectivity index is 2.10. The monoisotopic (exact) mass is 313 g/mol. The van der Waals surface area contributed by atoms with Crippen molar-refractivity contribution in [2.75, 3.05) is 17.6 Å². The molecule has 0 saturated carbocycles. The fourth-order valence-electron chi connectivity index (χ4n) is 1.64. The number of para-hydroxylation sites is 1. The Labute approximate surface area is 109 Å². The van der Waals surface area contributed by atoms with E-state index < -0.39 is 9.84 Å². The van der Waals surface area contributed by atoms with Crippen LogP contribution in [0.25, 0.3) is 0 Å². The summed E-state index contributed by atoms with van der Waals surface area (Å²) < 4.78 is 23.7. The summed E-state index contributed by atoms with van der Waals surface area (Å²) in [6.45, 7) is 4.24. The van der Waals surface area contributed by atoms with E-state index >= 15 is 0 Å². The summed E-state index contributed by atoms with van der Waals surface area (Å²) in [7, 11) is -3.07. The van der Waals surface area contributed by atoms with Gasteiger partial charge in [0.05, 0.1) is 5.75 Å². The Kier molecular flexibility index (Phi) is 3.40. The molecular formula is C12H12BrNO2S. The first-order valence-electron chi connectivity index (χ1n) is 5.08. The molecule has 1 aromatic carbocycles. The molecule has 0 spiro atoms. The first kappa shape index (κ1) is 12.4. The molecule has 17 heavy (non-hydrogen) atoms. The van der Waals surface area contributed by atoms with E-state index in [0.717, 1.165) is 15.7 Å². The molecule has 0 atom stereocenters. The first-order chi connectivity index (χ1) is 7.98. The lowest BCUT2D eigenvalue weighted by Crippen LogP contribution is -2.05. The van der Waals surface area contributed by atoms with Gasteiger partial charge in [-0.3, -0.25) is 0 Å². The highest BCUT2D eigenvalue weighted by molar-refractivity contribution is 9.10. The van der Waals surface area contributed by atoms with Gasteiger partial charge in [0.1, 0.15) is 0 Å². The summed E-state index contributed by atoms with van der Waals surface area (Å²) in [6, 6.07) is 7.70. The highest BCUT2D eigenvalue weighted by atomic mass is 79.9. The number of hydrogen-bond donors (Lipinski definition) is 1. The SMILES string of the molecule is C=C1CS(=O)(=O)C=C1CNc1ccccc1Br. The molecule has 1 N–H and O–H groups in total. The number of halogens is 1. The summed E-state index contributed by atoms with van der Waals surface area (Å²) in [5.74, 6) is 0.0416. The summed E-state index contributed by atoms with van der Waals surface area (Å²) in [5, 5.41) is 4.49. The number of benzene rings is 1. The van der Waals surface area contributed by atoms with Crippen LogP contribution >= 0.6 is 15.9 Å². The normalized spacial score (nSPS) is 17.9. The summed E-state index contributed by atoms with van der Waals surface area (Å²) in [6.07, 6.45) is 0. The predicted molar refractivity (Wildman–Crippen MR) is 73.6 cm³/mol. The molecule has 0 aliphatic carbocycles. The minimum atomic E-state index is -3.07. The summed E-state index contributed by atoms with van der Waals surface area (Å²) >= 11 is 3.42. The molecule has 5 heteroatoms. The first-order valence-corrected chi connectivity index (χ1v) is 7.59. The maximum atomic E-state index is 11.4. The topological polar surface area (TPSA) is 46.2 Å². The maximum Gasteiger partial charge on any atom is 0.176 e. The molecule has 0 saturated heterocycles. The van der Waals surface area contributed by atoms with Crippen LogP contribution in [0.5, 0.6) is 0 Å². The van der Waals surface area contributed by atoms with Crippen molar-refractivity contribution in [2.24, 2.45) is 0 Å². The van der Waals surface area contributed by atoms with Gasteiger partial charge in [-0.05, 0) is 39.2 Å². The third-order valence-electron chi connectivity index (χ3n) is 2.49. The van der Waals surface area contributed by atoms with Crippen LogP contribution < -0.4 is 5.32 Å². The number of anilines is 1. The molecule has 1 aromatic rings. The minimum Gasteiger partial charge on any atom is -0.380 e. The van der Waals surface area contributed by atoms with Gasteiger partial charge in [0, 0.05) is 22.1 Å². The number of sulfone groups is 1. The molecule has 0 fully saturated rings. The lowest BCUT2D eigenvalue weighted by molar-refractivity contribution is 0.608. The Morgan fingerprint density at radius 1 is 1.35 bits per heavy atom. The van der Waals surface area contributed by atoms with Gasteiger partial charge in [0.15, 0.2) is 9.84 Å². The molecular weight excluding hydrogens is 302 g/mol. The quantitative estimate of drug-likeness (QED) is 0.933. The average molecular weight is 314 g/mol. The van der Waals surface area contributed by atoms with Crippen LogP contribution in [-0.4, -0.2) is 20.7 Å². The van der Waals surface area contributed by atoms with Crippen LogP contribution in [0.1, 0.15) is 0 Å². The molecule has 0 radical (unpaired) electrons. The lowest BCUT2D eigenvalue weighted by Gasteiger charge is -2.09. The molecule has 3 nitrogen and oxygen atoms in total. The van der Waals surface area contributed by atoms with Crippen LogP contribution in [0.2, 0.25) is 0 Å². The van der Waals surface area contributed by atoms with Crippen molar-refractivity contribution in [3.63, 3.8) is 0 Å². The van der Waals surface area contributed by atoms with Crippen molar-refractivity contribution in [2.45, 2.75) is 0 Å². The average Bonchev–Trinajstić information content (AvgIpc) is 2.51. The van der Waals surface area contributed by atoms with Crippen LogP contribution in [0, 0.1) is 0 Å². The lowest BCUT2D eigenvalue weighted by atomic mass is 10.1. The van der Waals surface area contributed by atoms with E-state index in [0.29, 0.717) is 12.1 Å². The van der Waals surface area contributed by atoms with Gasteiger partial charge < -0.3 is 5.32 Å². The predicted octanol–water partition coefficient (Wildman–Crippen LogP) is 2.73. The van der Waals surface area contributed by atoms with Crippen molar-refractivity contribution >= 4 is 31.5 Å². The van der Waals surface area contributed by atoms with Crippen molar-refractivity contribution < 1.29 is 8.42 Å². The van der Waals surface area contributed by atoms with E-state index in [1.54, 1.807) is 0 Å².